The maximum atomic E-state index is 6.18. The first-order chi connectivity index (χ1) is 9.56. The fourth-order valence-corrected chi connectivity index (χ4v) is 3.41. The molecule has 1 aliphatic rings. The summed E-state index contributed by atoms with van der Waals surface area (Å²) in [5, 5.41) is 0. The number of rotatable bonds is 5. The maximum absolute atomic E-state index is 6.18. The normalized spacial score (nSPS) is 19.1. The van der Waals surface area contributed by atoms with Crippen molar-refractivity contribution in [3.63, 3.8) is 0 Å². The Morgan fingerprint density at radius 2 is 2.05 bits per heavy atom. The van der Waals surface area contributed by atoms with Gasteiger partial charge in [0.15, 0.2) is 0 Å². The molecule has 0 aliphatic carbocycles. The second kappa shape index (κ2) is 6.04. The van der Waals surface area contributed by atoms with Crippen molar-refractivity contribution < 1.29 is 4.74 Å². The lowest BCUT2D eigenvalue weighted by molar-refractivity contribution is 0.301. The standard InChI is InChI=1S/C17H28N2O/c1-5-17(6-2)10-11-19(12-17)14-8-7-9-15(20-4)16(14)13(3)18/h7-9,13H,5-6,10-12,18H2,1-4H3/t13-/m0/s1. The molecule has 2 rings (SSSR count). The minimum Gasteiger partial charge on any atom is -0.496 e. The SMILES string of the molecule is CCC1(CC)CCN(c2cccc(OC)c2[C@H](C)N)C1. The molecular formula is C17H28N2O. The first kappa shape index (κ1) is 15.2. The summed E-state index contributed by atoms with van der Waals surface area (Å²) >= 11 is 0. The first-order valence-electron chi connectivity index (χ1n) is 7.74. The Labute approximate surface area is 123 Å². The number of methoxy groups -OCH3 is 1. The van der Waals surface area contributed by atoms with E-state index >= 15 is 0 Å². The van der Waals surface area contributed by atoms with Crippen molar-refractivity contribution in [2.24, 2.45) is 11.1 Å². The Morgan fingerprint density at radius 1 is 1.35 bits per heavy atom. The summed E-state index contributed by atoms with van der Waals surface area (Å²) in [5.41, 5.74) is 9.04. The fraction of sp³-hybridized carbons (Fsp3) is 0.647. The van der Waals surface area contributed by atoms with Gasteiger partial charge in [-0.2, -0.15) is 0 Å². The van der Waals surface area contributed by atoms with Crippen LogP contribution < -0.4 is 15.4 Å². The van der Waals surface area contributed by atoms with Crippen LogP contribution in [0.5, 0.6) is 5.75 Å². The van der Waals surface area contributed by atoms with Crippen molar-refractivity contribution in [1.82, 2.24) is 0 Å². The fourth-order valence-electron chi connectivity index (χ4n) is 3.41. The van der Waals surface area contributed by atoms with Crippen molar-refractivity contribution in [3.05, 3.63) is 23.8 Å². The topological polar surface area (TPSA) is 38.5 Å². The molecule has 112 valence electrons. The molecule has 1 aliphatic heterocycles. The monoisotopic (exact) mass is 276 g/mol. The summed E-state index contributed by atoms with van der Waals surface area (Å²) in [7, 11) is 1.72. The van der Waals surface area contributed by atoms with Crippen LogP contribution >= 0.6 is 0 Å². The van der Waals surface area contributed by atoms with Gasteiger partial charge in [0, 0.05) is 30.4 Å². The molecule has 0 bridgehead atoms. The highest BCUT2D eigenvalue weighted by Crippen LogP contribution is 2.42. The minimum atomic E-state index is -0.0144. The van der Waals surface area contributed by atoms with Crippen LogP contribution in [0.15, 0.2) is 18.2 Å². The largest absolute Gasteiger partial charge is 0.496 e. The van der Waals surface area contributed by atoms with Crippen molar-refractivity contribution in [2.75, 3.05) is 25.1 Å². The second-order valence-electron chi connectivity index (χ2n) is 6.06. The molecule has 1 aromatic rings. The number of nitrogens with two attached hydrogens (primary N) is 1. The Bertz CT molecular complexity index is 452. The number of hydrogen-bond donors (Lipinski definition) is 1. The molecule has 3 nitrogen and oxygen atoms in total. The summed E-state index contributed by atoms with van der Waals surface area (Å²) in [5.74, 6) is 0.906. The Balaban J connectivity index is 2.35. The molecule has 0 saturated carbocycles. The van der Waals surface area contributed by atoms with E-state index in [-0.39, 0.29) is 6.04 Å². The van der Waals surface area contributed by atoms with Crippen molar-refractivity contribution in [1.29, 1.82) is 0 Å². The molecule has 1 heterocycles. The number of hydrogen-bond acceptors (Lipinski definition) is 3. The van der Waals surface area contributed by atoms with Gasteiger partial charge >= 0.3 is 0 Å². The quantitative estimate of drug-likeness (QED) is 0.890. The van der Waals surface area contributed by atoms with E-state index in [9.17, 15) is 0 Å². The van der Waals surface area contributed by atoms with E-state index in [4.69, 9.17) is 10.5 Å². The number of benzene rings is 1. The Kier molecular flexibility index (Phi) is 4.59. The maximum Gasteiger partial charge on any atom is 0.125 e. The van der Waals surface area contributed by atoms with E-state index in [0.29, 0.717) is 5.41 Å². The average Bonchev–Trinajstić information content (AvgIpc) is 2.91. The molecule has 0 amide bonds. The zero-order valence-electron chi connectivity index (χ0n) is 13.3. The molecule has 1 aromatic carbocycles. The summed E-state index contributed by atoms with van der Waals surface area (Å²) in [6.45, 7) is 8.90. The lowest BCUT2D eigenvalue weighted by Crippen LogP contribution is -2.27. The van der Waals surface area contributed by atoms with E-state index in [0.717, 1.165) is 24.4 Å². The van der Waals surface area contributed by atoms with Gasteiger partial charge in [0.25, 0.3) is 0 Å². The average molecular weight is 276 g/mol. The number of anilines is 1. The highest BCUT2D eigenvalue weighted by atomic mass is 16.5. The van der Waals surface area contributed by atoms with Gasteiger partial charge < -0.3 is 15.4 Å². The van der Waals surface area contributed by atoms with Crippen LogP contribution in [0.25, 0.3) is 0 Å². The molecular weight excluding hydrogens is 248 g/mol. The smallest absolute Gasteiger partial charge is 0.125 e. The third-order valence-electron chi connectivity index (χ3n) is 5.00. The van der Waals surface area contributed by atoms with Crippen LogP contribution in [-0.2, 0) is 0 Å². The lowest BCUT2D eigenvalue weighted by Gasteiger charge is -2.29. The molecule has 20 heavy (non-hydrogen) atoms. The lowest BCUT2D eigenvalue weighted by atomic mass is 9.82. The predicted molar refractivity (Wildman–Crippen MR) is 85.4 cm³/mol. The Hall–Kier alpha value is -1.22. The van der Waals surface area contributed by atoms with E-state index in [1.54, 1.807) is 7.11 Å². The summed E-state index contributed by atoms with van der Waals surface area (Å²) in [6.07, 6.45) is 3.77. The van der Waals surface area contributed by atoms with Gasteiger partial charge in [0.1, 0.15) is 5.75 Å². The Morgan fingerprint density at radius 3 is 2.55 bits per heavy atom. The van der Waals surface area contributed by atoms with Crippen LogP contribution in [0.3, 0.4) is 0 Å². The van der Waals surface area contributed by atoms with Crippen molar-refractivity contribution in [2.45, 2.75) is 46.1 Å². The zero-order valence-corrected chi connectivity index (χ0v) is 13.3. The summed E-state index contributed by atoms with van der Waals surface area (Å²) in [4.78, 5) is 2.49. The first-order valence-corrected chi connectivity index (χ1v) is 7.74. The summed E-state index contributed by atoms with van der Waals surface area (Å²) in [6, 6.07) is 6.24. The summed E-state index contributed by atoms with van der Waals surface area (Å²) < 4.78 is 5.50. The highest BCUT2D eigenvalue weighted by molar-refractivity contribution is 5.61. The van der Waals surface area contributed by atoms with E-state index < -0.39 is 0 Å². The van der Waals surface area contributed by atoms with Gasteiger partial charge in [-0.3, -0.25) is 0 Å². The molecule has 0 radical (unpaired) electrons. The van der Waals surface area contributed by atoms with Gasteiger partial charge in [0.05, 0.1) is 7.11 Å². The molecule has 1 saturated heterocycles. The molecule has 1 fully saturated rings. The van der Waals surface area contributed by atoms with Crippen LogP contribution in [0, 0.1) is 5.41 Å². The van der Waals surface area contributed by atoms with Crippen LogP contribution in [0.2, 0.25) is 0 Å². The molecule has 1 atom stereocenters. The molecule has 0 aromatic heterocycles. The zero-order chi connectivity index (χ0) is 14.8. The third kappa shape index (κ3) is 2.64. The van der Waals surface area contributed by atoms with E-state index in [2.05, 4.69) is 30.9 Å². The van der Waals surface area contributed by atoms with Gasteiger partial charge in [-0.05, 0) is 43.7 Å². The van der Waals surface area contributed by atoms with Gasteiger partial charge in [0.2, 0.25) is 0 Å². The van der Waals surface area contributed by atoms with Crippen LogP contribution in [0.1, 0.15) is 51.6 Å². The van der Waals surface area contributed by atoms with Crippen LogP contribution in [0.4, 0.5) is 5.69 Å². The second-order valence-corrected chi connectivity index (χ2v) is 6.06. The van der Waals surface area contributed by atoms with Crippen molar-refractivity contribution >= 4 is 5.69 Å². The van der Waals surface area contributed by atoms with Gasteiger partial charge in [-0.1, -0.05) is 19.9 Å². The predicted octanol–water partition coefficient (Wildman–Crippen LogP) is 3.73. The minimum absolute atomic E-state index is 0.0144. The molecule has 2 N–H and O–H groups in total. The molecule has 3 heteroatoms. The highest BCUT2D eigenvalue weighted by Gasteiger charge is 2.36. The van der Waals surface area contributed by atoms with E-state index in [1.165, 1.54) is 24.9 Å². The van der Waals surface area contributed by atoms with Gasteiger partial charge in [-0.25, -0.2) is 0 Å². The van der Waals surface area contributed by atoms with Crippen molar-refractivity contribution in [3.8, 4) is 5.75 Å². The van der Waals surface area contributed by atoms with Gasteiger partial charge in [-0.15, -0.1) is 0 Å². The van der Waals surface area contributed by atoms with E-state index in [1.807, 2.05) is 13.0 Å². The third-order valence-corrected chi connectivity index (χ3v) is 5.00. The molecule has 0 spiro atoms. The number of ether oxygens (including phenoxy) is 1. The number of nitrogens with zero attached hydrogens (tertiary/aromatic N) is 1. The van der Waals surface area contributed by atoms with Crippen LogP contribution in [-0.4, -0.2) is 20.2 Å². The molecule has 0 unspecified atom stereocenters.